The lowest BCUT2D eigenvalue weighted by Crippen LogP contribution is -2.39. The normalized spacial score (nSPS) is 17.7. The Bertz CT molecular complexity index is 402. The monoisotopic (exact) mass is 249 g/mol. The lowest BCUT2D eigenvalue weighted by molar-refractivity contribution is 0.0594. The first-order valence-electron chi connectivity index (χ1n) is 6.28. The van der Waals surface area contributed by atoms with Gasteiger partial charge in [-0.15, -0.1) is 0 Å². The molecule has 2 rings (SSSR count). The number of hydrogen-bond donors (Lipinski definition) is 1. The lowest BCUT2D eigenvalue weighted by atomic mass is 9.86. The van der Waals surface area contributed by atoms with Crippen molar-refractivity contribution in [2.45, 2.75) is 25.7 Å². The van der Waals surface area contributed by atoms with Gasteiger partial charge in [-0.05, 0) is 12.8 Å². The zero-order valence-electron chi connectivity index (χ0n) is 10.7. The van der Waals surface area contributed by atoms with E-state index in [-0.39, 0.29) is 17.9 Å². The molecule has 1 aliphatic rings. The zero-order chi connectivity index (χ0) is 13.0. The second-order valence-electron chi connectivity index (χ2n) is 5.15. The van der Waals surface area contributed by atoms with Crippen LogP contribution in [-0.4, -0.2) is 46.1 Å². The number of carbonyl (C=O) groups is 1. The van der Waals surface area contributed by atoms with Crippen LogP contribution in [0, 0.1) is 5.41 Å². The van der Waals surface area contributed by atoms with Crippen molar-refractivity contribution in [1.29, 1.82) is 0 Å². The van der Waals surface area contributed by atoms with Crippen LogP contribution in [0.1, 0.15) is 36.0 Å². The summed E-state index contributed by atoms with van der Waals surface area (Å²) in [5.41, 5.74) is 0.381. The predicted molar refractivity (Wildman–Crippen MR) is 67.0 cm³/mol. The smallest absolute Gasteiger partial charge is 0.256 e. The highest BCUT2D eigenvalue weighted by Gasteiger charge is 2.35. The molecule has 0 aromatic carbocycles. The first kappa shape index (κ1) is 13.0. The van der Waals surface area contributed by atoms with Crippen LogP contribution >= 0.6 is 0 Å². The molecule has 1 fully saturated rings. The van der Waals surface area contributed by atoms with E-state index in [4.69, 9.17) is 0 Å². The second kappa shape index (κ2) is 5.44. The molecule has 1 amide bonds. The molecule has 1 N–H and O–H groups in total. The van der Waals surface area contributed by atoms with Crippen molar-refractivity contribution in [1.82, 2.24) is 14.9 Å². The van der Waals surface area contributed by atoms with Crippen molar-refractivity contribution in [2.24, 2.45) is 5.41 Å². The molecule has 0 saturated heterocycles. The maximum Gasteiger partial charge on any atom is 0.256 e. The third kappa shape index (κ3) is 2.67. The number of aliphatic hydroxyl groups excluding tert-OH is 1. The fourth-order valence-electron chi connectivity index (χ4n) is 2.70. The van der Waals surface area contributed by atoms with Crippen LogP contribution in [0.5, 0.6) is 0 Å². The molecule has 1 aromatic heterocycles. The average molecular weight is 249 g/mol. The van der Waals surface area contributed by atoms with Gasteiger partial charge in [0.2, 0.25) is 0 Å². The molecule has 1 aromatic rings. The van der Waals surface area contributed by atoms with Gasteiger partial charge in [-0.3, -0.25) is 4.79 Å². The molecular formula is C13H19N3O2. The summed E-state index contributed by atoms with van der Waals surface area (Å²) in [4.78, 5) is 21.5. The topological polar surface area (TPSA) is 66.3 Å². The van der Waals surface area contributed by atoms with Gasteiger partial charge in [-0.1, -0.05) is 12.8 Å². The molecule has 5 nitrogen and oxygen atoms in total. The van der Waals surface area contributed by atoms with E-state index in [1.54, 1.807) is 11.9 Å². The van der Waals surface area contributed by atoms with E-state index in [0.29, 0.717) is 12.1 Å². The van der Waals surface area contributed by atoms with Crippen molar-refractivity contribution >= 4 is 5.91 Å². The van der Waals surface area contributed by atoms with Gasteiger partial charge < -0.3 is 10.0 Å². The zero-order valence-corrected chi connectivity index (χ0v) is 10.7. The fourth-order valence-corrected chi connectivity index (χ4v) is 2.70. The minimum atomic E-state index is -0.111. The molecule has 0 atom stereocenters. The number of carbonyl (C=O) groups excluding carboxylic acids is 1. The number of aromatic nitrogens is 2. The Morgan fingerprint density at radius 1 is 1.39 bits per heavy atom. The Morgan fingerprint density at radius 3 is 2.56 bits per heavy atom. The van der Waals surface area contributed by atoms with E-state index in [9.17, 15) is 9.90 Å². The first-order valence-corrected chi connectivity index (χ1v) is 6.28. The Hall–Kier alpha value is -1.49. The molecule has 0 unspecified atom stereocenters. The fraction of sp³-hybridized carbons (Fsp3) is 0.615. The molecular weight excluding hydrogens is 230 g/mol. The minimum Gasteiger partial charge on any atom is -0.396 e. The van der Waals surface area contributed by atoms with Gasteiger partial charge >= 0.3 is 0 Å². The van der Waals surface area contributed by atoms with Crippen LogP contribution in [0.25, 0.3) is 0 Å². The van der Waals surface area contributed by atoms with Crippen molar-refractivity contribution < 1.29 is 9.90 Å². The number of hydrogen-bond acceptors (Lipinski definition) is 4. The molecule has 5 heteroatoms. The molecule has 0 spiro atoms. The molecule has 0 bridgehead atoms. The van der Waals surface area contributed by atoms with E-state index in [1.165, 1.54) is 18.7 Å². The third-order valence-electron chi connectivity index (χ3n) is 3.73. The van der Waals surface area contributed by atoms with Gasteiger partial charge in [0, 0.05) is 31.4 Å². The number of nitrogens with zero attached hydrogens (tertiary/aromatic N) is 3. The summed E-state index contributed by atoms with van der Waals surface area (Å²) in [5.74, 6) is -0.0877. The lowest BCUT2D eigenvalue weighted by Gasteiger charge is -2.31. The van der Waals surface area contributed by atoms with Gasteiger partial charge in [0.1, 0.15) is 6.33 Å². The maximum absolute atomic E-state index is 12.2. The van der Waals surface area contributed by atoms with E-state index in [1.807, 2.05) is 0 Å². The van der Waals surface area contributed by atoms with Crippen LogP contribution in [0.4, 0.5) is 0 Å². The molecule has 1 saturated carbocycles. The number of aliphatic hydroxyl groups is 1. The van der Waals surface area contributed by atoms with Crippen LogP contribution in [0.3, 0.4) is 0 Å². The summed E-state index contributed by atoms with van der Waals surface area (Å²) in [6, 6.07) is 0. The summed E-state index contributed by atoms with van der Waals surface area (Å²) < 4.78 is 0. The summed E-state index contributed by atoms with van der Waals surface area (Å²) in [6.07, 6.45) is 8.70. The summed E-state index contributed by atoms with van der Waals surface area (Å²) in [6.45, 7) is 0.743. The largest absolute Gasteiger partial charge is 0.396 e. The Balaban J connectivity index is 2.03. The first-order chi connectivity index (χ1) is 8.67. The Kier molecular flexibility index (Phi) is 3.91. The molecule has 0 aliphatic heterocycles. The molecule has 1 heterocycles. The number of amides is 1. The molecule has 98 valence electrons. The van der Waals surface area contributed by atoms with E-state index < -0.39 is 0 Å². The van der Waals surface area contributed by atoms with Gasteiger partial charge in [0.15, 0.2) is 0 Å². The van der Waals surface area contributed by atoms with Crippen molar-refractivity contribution in [3.8, 4) is 0 Å². The van der Waals surface area contributed by atoms with Crippen LogP contribution in [0.15, 0.2) is 18.7 Å². The molecule has 1 aliphatic carbocycles. The quantitative estimate of drug-likeness (QED) is 0.867. The Morgan fingerprint density at radius 2 is 2.00 bits per heavy atom. The SMILES string of the molecule is CN(CC1(CO)CCCC1)C(=O)c1cncnc1. The van der Waals surface area contributed by atoms with Crippen molar-refractivity contribution in [2.75, 3.05) is 20.2 Å². The third-order valence-corrected chi connectivity index (χ3v) is 3.73. The van der Waals surface area contributed by atoms with Crippen molar-refractivity contribution in [3.05, 3.63) is 24.3 Å². The van der Waals surface area contributed by atoms with Gasteiger partial charge in [-0.25, -0.2) is 9.97 Å². The minimum absolute atomic E-state index is 0.0877. The van der Waals surface area contributed by atoms with E-state index in [0.717, 1.165) is 25.7 Å². The molecule has 0 radical (unpaired) electrons. The molecule has 18 heavy (non-hydrogen) atoms. The highest BCUT2D eigenvalue weighted by atomic mass is 16.3. The van der Waals surface area contributed by atoms with Crippen LogP contribution < -0.4 is 0 Å². The second-order valence-corrected chi connectivity index (χ2v) is 5.15. The summed E-state index contributed by atoms with van der Waals surface area (Å²) in [5, 5.41) is 9.56. The number of rotatable bonds is 4. The van der Waals surface area contributed by atoms with E-state index in [2.05, 4.69) is 9.97 Å². The maximum atomic E-state index is 12.2. The van der Waals surface area contributed by atoms with Crippen LogP contribution in [-0.2, 0) is 0 Å². The van der Waals surface area contributed by atoms with Crippen molar-refractivity contribution in [3.63, 3.8) is 0 Å². The van der Waals surface area contributed by atoms with Gasteiger partial charge in [0.05, 0.1) is 12.2 Å². The van der Waals surface area contributed by atoms with Gasteiger partial charge in [-0.2, -0.15) is 0 Å². The van der Waals surface area contributed by atoms with Crippen LogP contribution in [0.2, 0.25) is 0 Å². The highest BCUT2D eigenvalue weighted by molar-refractivity contribution is 5.93. The Labute approximate surface area is 107 Å². The highest BCUT2D eigenvalue weighted by Crippen LogP contribution is 2.38. The average Bonchev–Trinajstić information content (AvgIpc) is 2.88. The van der Waals surface area contributed by atoms with E-state index >= 15 is 0 Å². The van der Waals surface area contributed by atoms with Gasteiger partial charge in [0.25, 0.3) is 5.91 Å². The summed E-state index contributed by atoms with van der Waals surface area (Å²) in [7, 11) is 1.77. The predicted octanol–water partition coefficient (Wildman–Crippen LogP) is 1.10. The standard InChI is InChI=1S/C13H19N3O2/c1-16(8-13(9-17)4-2-3-5-13)12(18)11-6-14-10-15-7-11/h6-7,10,17H,2-5,8-9H2,1H3. The summed E-state index contributed by atoms with van der Waals surface area (Å²) >= 11 is 0.